The number of halogens is 1. The number of benzene rings is 1. The maximum absolute atomic E-state index is 5.80. The first kappa shape index (κ1) is 9.36. The third kappa shape index (κ3) is 1.55. The summed E-state index contributed by atoms with van der Waals surface area (Å²) in [6, 6.07) is 11.3. The normalized spacial score (nSPS) is 10.8. The van der Waals surface area contributed by atoms with Gasteiger partial charge in [-0.3, -0.25) is 0 Å². The predicted molar refractivity (Wildman–Crippen MR) is 62.3 cm³/mol. The summed E-state index contributed by atoms with van der Waals surface area (Å²) in [7, 11) is 0. The molecular weight excluding hydrogens is 224 g/mol. The molecule has 0 radical (unpaired) electrons. The van der Waals surface area contributed by atoms with Crippen molar-refractivity contribution in [3.63, 3.8) is 0 Å². The van der Waals surface area contributed by atoms with Gasteiger partial charge in [-0.15, -0.1) is 0 Å². The Labute approximate surface area is 96.7 Å². The molecule has 0 amide bonds. The van der Waals surface area contributed by atoms with Crippen LogP contribution in [0.3, 0.4) is 0 Å². The molecule has 0 unspecified atom stereocenters. The van der Waals surface area contributed by atoms with Gasteiger partial charge in [-0.1, -0.05) is 29.8 Å². The fraction of sp³-hybridized carbons (Fsp3) is 0. The van der Waals surface area contributed by atoms with Crippen LogP contribution in [0.25, 0.3) is 22.6 Å². The van der Waals surface area contributed by atoms with E-state index in [-0.39, 0.29) is 0 Å². The molecule has 0 fully saturated rings. The highest BCUT2D eigenvalue weighted by atomic mass is 35.5. The summed E-state index contributed by atoms with van der Waals surface area (Å²) in [6.07, 6.45) is 1.61. The van der Waals surface area contributed by atoms with Crippen molar-refractivity contribution >= 4 is 22.6 Å². The minimum Gasteiger partial charge on any atom is -0.453 e. The van der Waals surface area contributed by atoms with Crippen molar-refractivity contribution in [1.82, 2.24) is 9.97 Å². The van der Waals surface area contributed by atoms with Crippen molar-refractivity contribution in [3.05, 3.63) is 47.7 Å². The van der Waals surface area contributed by atoms with Gasteiger partial charge in [0.05, 0.1) is 0 Å². The molecular formula is C12H7ClN2O. The Morgan fingerprint density at radius 2 is 2.00 bits per heavy atom. The molecule has 16 heavy (non-hydrogen) atoms. The highest BCUT2D eigenvalue weighted by Crippen LogP contribution is 2.25. The van der Waals surface area contributed by atoms with Gasteiger partial charge in [0, 0.05) is 11.6 Å². The third-order valence-electron chi connectivity index (χ3n) is 2.27. The molecule has 4 heteroatoms. The van der Waals surface area contributed by atoms with Crippen molar-refractivity contribution in [2.45, 2.75) is 0 Å². The molecule has 2 heterocycles. The number of para-hydroxylation sites is 1. The van der Waals surface area contributed by atoms with Gasteiger partial charge in [-0.2, -0.15) is 0 Å². The number of furan rings is 1. The Bertz CT molecular complexity index is 615. The second kappa shape index (κ2) is 3.61. The molecule has 1 aromatic carbocycles. The van der Waals surface area contributed by atoms with Crippen molar-refractivity contribution < 1.29 is 4.42 Å². The smallest absolute Gasteiger partial charge is 0.197 e. The van der Waals surface area contributed by atoms with E-state index in [1.165, 1.54) is 0 Å². The first-order valence-corrected chi connectivity index (χ1v) is 5.18. The number of nitrogens with zero attached hydrogens (tertiary/aromatic N) is 2. The van der Waals surface area contributed by atoms with Crippen molar-refractivity contribution in [1.29, 1.82) is 0 Å². The van der Waals surface area contributed by atoms with E-state index in [0.29, 0.717) is 16.7 Å². The lowest BCUT2D eigenvalue weighted by atomic mass is 10.2. The molecule has 0 N–H and O–H groups in total. The van der Waals surface area contributed by atoms with Crippen LogP contribution in [0.5, 0.6) is 0 Å². The molecule has 0 aliphatic carbocycles. The molecule has 78 valence electrons. The number of rotatable bonds is 1. The van der Waals surface area contributed by atoms with E-state index in [9.17, 15) is 0 Å². The van der Waals surface area contributed by atoms with Gasteiger partial charge < -0.3 is 4.42 Å². The fourth-order valence-corrected chi connectivity index (χ4v) is 1.68. The van der Waals surface area contributed by atoms with Crippen LogP contribution in [0.4, 0.5) is 0 Å². The second-order valence-corrected chi connectivity index (χ2v) is 3.74. The first-order valence-electron chi connectivity index (χ1n) is 4.80. The first-order chi connectivity index (χ1) is 7.83. The Morgan fingerprint density at radius 1 is 1.12 bits per heavy atom. The zero-order valence-corrected chi connectivity index (χ0v) is 8.98. The summed E-state index contributed by atoms with van der Waals surface area (Å²) in [5, 5.41) is 1.44. The van der Waals surface area contributed by atoms with E-state index in [0.717, 1.165) is 11.0 Å². The summed E-state index contributed by atoms with van der Waals surface area (Å²) in [5.74, 6) is 1.13. The fourth-order valence-electron chi connectivity index (χ4n) is 1.55. The lowest BCUT2D eigenvalue weighted by molar-refractivity contribution is 0.625. The number of hydrogen-bond acceptors (Lipinski definition) is 3. The van der Waals surface area contributed by atoms with Crippen molar-refractivity contribution in [2.75, 3.05) is 0 Å². The van der Waals surface area contributed by atoms with E-state index in [4.69, 9.17) is 16.0 Å². The molecule has 3 rings (SSSR count). The van der Waals surface area contributed by atoms with Crippen LogP contribution >= 0.6 is 11.6 Å². The molecule has 3 nitrogen and oxygen atoms in total. The Balaban J connectivity index is 2.19. The molecule has 3 aromatic rings. The zero-order chi connectivity index (χ0) is 11.0. The van der Waals surface area contributed by atoms with Crippen LogP contribution in [0.1, 0.15) is 0 Å². The molecule has 0 saturated carbocycles. The third-order valence-corrected chi connectivity index (χ3v) is 2.48. The van der Waals surface area contributed by atoms with Crippen LogP contribution in [0.15, 0.2) is 47.0 Å². The average molecular weight is 231 g/mol. The number of fused-ring (bicyclic) bond motifs is 1. The summed E-state index contributed by atoms with van der Waals surface area (Å²) in [6.45, 7) is 0. The molecule has 2 aromatic heterocycles. The predicted octanol–water partition coefficient (Wildman–Crippen LogP) is 3.54. The largest absolute Gasteiger partial charge is 0.453 e. The summed E-state index contributed by atoms with van der Waals surface area (Å²) in [4.78, 5) is 8.22. The monoisotopic (exact) mass is 230 g/mol. The molecule has 0 atom stereocenters. The Morgan fingerprint density at radius 3 is 2.81 bits per heavy atom. The Kier molecular flexibility index (Phi) is 2.11. The summed E-state index contributed by atoms with van der Waals surface area (Å²) in [5.41, 5.74) is 0.820. The molecule has 0 spiro atoms. The van der Waals surface area contributed by atoms with Gasteiger partial charge in [0.15, 0.2) is 11.6 Å². The van der Waals surface area contributed by atoms with Gasteiger partial charge in [0.25, 0.3) is 0 Å². The van der Waals surface area contributed by atoms with Crippen molar-refractivity contribution in [2.24, 2.45) is 0 Å². The highest BCUT2D eigenvalue weighted by Gasteiger charge is 2.08. The molecule has 0 saturated heterocycles. The van der Waals surface area contributed by atoms with Gasteiger partial charge in [-0.25, -0.2) is 9.97 Å². The minimum absolute atomic E-state index is 0.408. The van der Waals surface area contributed by atoms with E-state index in [1.54, 1.807) is 12.3 Å². The van der Waals surface area contributed by atoms with Crippen LogP contribution in [-0.4, -0.2) is 9.97 Å². The van der Waals surface area contributed by atoms with Gasteiger partial charge in [0.2, 0.25) is 0 Å². The molecule has 0 aliphatic rings. The van der Waals surface area contributed by atoms with E-state index >= 15 is 0 Å². The van der Waals surface area contributed by atoms with Crippen LogP contribution in [0, 0.1) is 0 Å². The highest BCUT2D eigenvalue weighted by molar-refractivity contribution is 6.29. The SMILES string of the molecule is Clc1ccnc(-c2cc3ccccc3o2)n1. The molecule has 0 aliphatic heterocycles. The van der Waals surface area contributed by atoms with Gasteiger partial charge >= 0.3 is 0 Å². The van der Waals surface area contributed by atoms with Crippen LogP contribution in [0.2, 0.25) is 5.15 Å². The van der Waals surface area contributed by atoms with Crippen LogP contribution in [-0.2, 0) is 0 Å². The van der Waals surface area contributed by atoms with Gasteiger partial charge in [0.1, 0.15) is 10.7 Å². The Hall–Kier alpha value is -1.87. The standard InChI is InChI=1S/C12H7ClN2O/c13-11-5-6-14-12(15-11)10-7-8-3-1-2-4-9(8)16-10/h1-7H. The second-order valence-electron chi connectivity index (χ2n) is 3.35. The van der Waals surface area contributed by atoms with Crippen LogP contribution < -0.4 is 0 Å². The molecule has 0 bridgehead atoms. The average Bonchev–Trinajstić information content (AvgIpc) is 2.72. The number of aromatic nitrogens is 2. The summed E-state index contributed by atoms with van der Waals surface area (Å²) >= 11 is 5.80. The lowest BCUT2D eigenvalue weighted by Gasteiger charge is -1.93. The van der Waals surface area contributed by atoms with E-state index in [1.807, 2.05) is 30.3 Å². The topological polar surface area (TPSA) is 38.9 Å². The minimum atomic E-state index is 0.408. The quantitative estimate of drug-likeness (QED) is 0.600. The van der Waals surface area contributed by atoms with E-state index in [2.05, 4.69) is 9.97 Å². The maximum Gasteiger partial charge on any atom is 0.197 e. The van der Waals surface area contributed by atoms with E-state index < -0.39 is 0 Å². The lowest BCUT2D eigenvalue weighted by Crippen LogP contribution is -1.85. The summed E-state index contributed by atoms with van der Waals surface area (Å²) < 4.78 is 5.63. The van der Waals surface area contributed by atoms with Crippen molar-refractivity contribution in [3.8, 4) is 11.6 Å². The van der Waals surface area contributed by atoms with Gasteiger partial charge in [-0.05, 0) is 18.2 Å². The number of hydrogen-bond donors (Lipinski definition) is 0. The maximum atomic E-state index is 5.80. The zero-order valence-electron chi connectivity index (χ0n) is 8.22.